The molecule has 8 heteroatoms. The standard InChI is InChI=1S/C15H17NO7/c1-3-22-14(20)10(15(21)23-4-2)8-16-11-7-9(13(18)19)5-6-12(11)17/h5-8,16-17H,3-4H2,1-2H3,(H,18,19). The van der Waals surface area contributed by atoms with E-state index in [2.05, 4.69) is 5.32 Å². The van der Waals surface area contributed by atoms with Crippen LogP contribution in [0.15, 0.2) is 30.0 Å². The molecule has 0 fully saturated rings. The van der Waals surface area contributed by atoms with E-state index in [4.69, 9.17) is 14.6 Å². The first-order chi connectivity index (χ1) is 10.9. The van der Waals surface area contributed by atoms with Crippen molar-refractivity contribution in [3.05, 3.63) is 35.5 Å². The van der Waals surface area contributed by atoms with Crippen LogP contribution < -0.4 is 5.32 Å². The van der Waals surface area contributed by atoms with Crippen molar-refractivity contribution in [3.63, 3.8) is 0 Å². The lowest BCUT2D eigenvalue weighted by Gasteiger charge is -2.09. The number of hydrogen-bond donors (Lipinski definition) is 3. The second-order valence-corrected chi connectivity index (χ2v) is 4.18. The van der Waals surface area contributed by atoms with Crippen molar-refractivity contribution >= 4 is 23.6 Å². The highest BCUT2D eigenvalue weighted by atomic mass is 16.6. The van der Waals surface area contributed by atoms with E-state index >= 15 is 0 Å². The molecule has 1 rings (SSSR count). The Morgan fingerprint density at radius 3 is 2.17 bits per heavy atom. The number of ether oxygens (including phenoxy) is 2. The van der Waals surface area contributed by atoms with Gasteiger partial charge in [-0.05, 0) is 32.0 Å². The molecule has 1 aromatic rings. The first kappa shape index (κ1) is 18.0. The molecular formula is C15H17NO7. The van der Waals surface area contributed by atoms with E-state index in [1.54, 1.807) is 13.8 Å². The number of carboxylic acid groups (broad SMARTS) is 1. The number of benzene rings is 1. The molecule has 124 valence electrons. The van der Waals surface area contributed by atoms with E-state index in [-0.39, 0.29) is 30.2 Å². The number of aromatic hydroxyl groups is 1. The van der Waals surface area contributed by atoms with Gasteiger partial charge in [0.1, 0.15) is 5.75 Å². The maximum atomic E-state index is 11.8. The van der Waals surface area contributed by atoms with Crippen LogP contribution in [0.25, 0.3) is 0 Å². The molecule has 0 unspecified atom stereocenters. The highest BCUT2D eigenvalue weighted by Gasteiger charge is 2.21. The average Bonchev–Trinajstić information content (AvgIpc) is 2.49. The Hall–Kier alpha value is -3.03. The lowest BCUT2D eigenvalue weighted by Crippen LogP contribution is -2.19. The van der Waals surface area contributed by atoms with Crippen LogP contribution in [-0.2, 0) is 19.1 Å². The summed E-state index contributed by atoms with van der Waals surface area (Å²) in [6.07, 6.45) is 0.997. The molecule has 0 aliphatic rings. The summed E-state index contributed by atoms with van der Waals surface area (Å²) in [5.41, 5.74) is -0.475. The predicted molar refractivity (Wildman–Crippen MR) is 80.0 cm³/mol. The lowest BCUT2D eigenvalue weighted by atomic mass is 10.2. The third-order valence-electron chi connectivity index (χ3n) is 2.61. The SMILES string of the molecule is CCOC(=O)C(=CNc1cc(C(=O)O)ccc1O)C(=O)OCC. The molecule has 0 amide bonds. The van der Waals surface area contributed by atoms with Crippen LogP contribution in [0.1, 0.15) is 24.2 Å². The maximum absolute atomic E-state index is 11.8. The van der Waals surface area contributed by atoms with Gasteiger partial charge >= 0.3 is 17.9 Å². The van der Waals surface area contributed by atoms with Crippen LogP contribution in [-0.4, -0.2) is 41.3 Å². The Labute approximate surface area is 132 Å². The number of carbonyl (C=O) groups is 3. The van der Waals surface area contributed by atoms with Crippen LogP contribution in [0.2, 0.25) is 0 Å². The second-order valence-electron chi connectivity index (χ2n) is 4.18. The molecule has 23 heavy (non-hydrogen) atoms. The zero-order valence-electron chi connectivity index (χ0n) is 12.7. The summed E-state index contributed by atoms with van der Waals surface area (Å²) in [7, 11) is 0. The van der Waals surface area contributed by atoms with Crippen LogP contribution in [0, 0.1) is 0 Å². The fourth-order valence-corrected chi connectivity index (χ4v) is 1.55. The topological polar surface area (TPSA) is 122 Å². The van der Waals surface area contributed by atoms with Gasteiger partial charge in [-0.15, -0.1) is 0 Å². The number of carbonyl (C=O) groups excluding carboxylic acids is 2. The number of nitrogens with one attached hydrogen (secondary N) is 1. The van der Waals surface area contributed by atoms with Gasteiger partial charge < -0.3 is 25.0 Å². The Bertz CT molecular complexity index is 617. The molecule has 0 saturated carbocycles. The smallest absolute Gasteiger partial charge is 0.347 e. The van der Waals surface area contributed by atoms with Gasteiger partial charge in [0.25, 0.3) is 0 Å². The van der Waals surface area contributed by atoms with Crippen molar-refractivity contribution in [2.24, 2.45) is 0 Å². The quantitative estimate of drug-likeness (QED) is 0.227. The highest BCUT2D eigenvalue weighted by Crippen LogP contribution is 2.24. The molecule has 0 spiro atoms. The monoisotopic (exact) mass is 323 g/mol. The molecule has 3 N–H and O–H groups in total. The molecule has 0 saturated heterocycles. The number of phenolic OH excluding ortho intramolecular Hbond substituents is 1. The minimum atomic E-state index is -1.19. The van der Waals surface area contributed by atoms with E-state index in [0.717, 1.165) is 12.3 Å². The molecule has 0 bridgehead atoms. The van der Waals surface area contributed by atoms with Gasteiger partial charge in [-0.2, -0.15) is 0 Å². The Morgan fingerprint density at radius 1 is 1.13 bits per heavy atom. The Balaban J connectivity index is 3.09. The molecule has 0 heterocycles. The predicted octanol–water partition coefficient (Wildman–Crippen LogP) is 1.51. The van der Waals surface area contributed by atoms with Crippen LogP contribution in [0.4, 0.5) is 5.69 Å². The van der Waals surface area contributed by atoms with Gasteiger partial charge in [-0.3, -0.25) is 0 Å². The third kappa shape index (κ3) is 5.03. The average molecular weight is 323 g/mol. The van der Waals surface area contributed by atoms with Crippen molar-refractivity contribution in [2.75, 3.05) is 18.5 Å². The zero-order chi connectivity index (χ0) is 17.4. The van der Waals surface area contributed by atoms with E-state index in [0.29, 0.717) is 0 Å². The number of phenols is 1. The zero-order valence-corrected chi connectivity index (χ0v) is 12.7. The summed E-state index contributed by atoms with van der Waals surface area (Å²) in [6, 6.07) is 3.54. The van der Waals surface area contributed by atoms with E-state index in [1.807, 2.05) is 0 Å². The molecule has 0 aliphatic heterocycles. The molecule has 0 radical (unpaired) electrons. The molecular weight excluding hydrogens is 306 g/mol. The molecule has 8 nitrogen and oxygen atoms in total. The molecule has 0 aliphatic carbocycles. The highest BCUT2D eigenvalue weighted by molar-refractivity contribution is 6.14. The van der Waals surface area contributed by atoms with Crippen molar-refractivity contribution < 1.29 is 34.1 Å². The molecule has 1 aromatic carbocycles. The number of hydrogen-bond acceptors (Lipinski definition) is 7. The number of rotatable bonds is 7. The summed E-state index contributed by atoms with van der Waals surface area (Å²) in [6.45, 7) is 3.29. The Kier molecular flexibility index (Phi) is 6.60. The number of esters is 2. The van der Waals surface area contributed by atoms with Crippen molar-refractivity contribution in [1.29, 1.82) is 0 Å². The fourth-order valence-electron chi connectivity index (χ4n) is 1.55. The third-order valence-corrected chi connectivity index (χ3v) is 2.61. The molecule has 0 aromatic heterocycles. The fraction of sp³-hybridized carbons (Fsp3) is 0.267. The van der Waals surface area contributed by atoms with E-state index in [1.165, 1.54) is 12.1 Å². The largest absolute Gasteiger partial charge is 0.506 e. The lowest BCUT2D eigenvalue weighted by molar-refractivity contribution is -0.146. The Morgan fingerprint density at radius 2 is 1.70 bits per heavy atom. The summed E-state index contributed by atoms with van der Waals surface area (Å²) in [5.74, 6) is -3.23. The van der Waals surface area contributed by atoms with Gasteiger partial charge in [0.05, 0.1) is 24.5 Å². The number of anilines is 1. The van der Waals surface area contributed by atoms with Gasteiger partial charge in [0.15, 0.2) is 5.57 Å². The summed E-state index contributed by atoms with van der Waals surface area (Å²) in [4.78, 5) is 34.4. The van der Waals surface area contributed by atoms with Crippen LogP contribution in [0.5, 0.6) is 5.75 Å². The van der Waals surface area contributed by atoms with E-state index in [9.17, 15) is 19.5 Å². The van der Waals surface area contributed by atoms with Gasteiger partial charge in [0, 0.05) is 6.20 Å². The van der Waals surface area contributed by atoms with Gasteiger partial charge in [-0.25, -0.2) is 14.4 Å². The number of aromatic carboxylic acids is 1. The van der Waals surface area contributed by atoms with E-state index < -0.39 is 23.5 Å². The summed E-state index contributed by atoms with van der Waals surface area (Å²) < 4.78 is 9.49. The summed E-state index contributed by atoms with van der Waals surface area (Å²) in [5, 5.41) is 21.1. The first-order valence-electron chi connectivity index (χ1n) is 6.77. The van der Waals surface area contributed by atoms with Crippen molar-refractivity contribution in [1.82, 2.24) is 0 Å². The van der Waals surface area contributed by atoms with Gasteiger partial charge in [-0.1, -0.05) is 0 Å². The van der Waals surface area contributed by atoms with Crippen LogP contribution in [0.3, 0.4) is 0 Å². The minimum absolute atomic E-state index is 0.0102. The maximum Gasteiger partial charge on any atom is 0.347 e. The second kappa shape index (κ2) is 8.42. The van der Waals surface area contributed by atoms with Crippen molar-refractivity contribution in [2.45, 2.75) is 13.8 Å². The first-order valence-corrected chi connectivity index (χ1v) is 6.77. The summed E-state index contributed by atoms with van der Waals surface area (Å²) >= 11 is 0. The van der Waals surface area contributed by atoms with Crippen LogP contribution >= 0.6 is 0 Å². The van der Waals surface area contributed by atoms with Crippen molar-refractivity contribution in [3.8, 4) is 5.75 Å². The number of carboxylic acids is 1. The minimum Gasteiger partial charge on any atom is -0.506 e. The molecule has 0 atom stereocenters. The van der Waals surface area contributed by atoms with Gasteiger partial charge in [0.2, 0.25) is 0 Å². The normalized spacial score (nSPS) is 9.65.